The highest BCUT2D eigenvalue weighted by molar-refractivity contribution is 8.07. The van der Waals surface area contributed by atoms with E-state index < -0.39 is 47.0 Å². The second-order valence-corrected chi connectivity index (χ2v) is 15.8. The maximum absolute atomic E-state index is 14.3. The molecule has 0 spiro atoms. The summed E-state index contributed by atoms with van der Waals surface area (Å²) in [5, 5.41) is 19.1. The highest BCUT2D eigenvalue weighted by atomic mass is 35.5. The van der Waals surface area contributed by atoms with Crippen molar-refractivity contribution >= 4 is 98.8 Å². The van der Waals surface area contributed by atoms with Gasteiger partial charge in [0.1, 0.15) is 27.1 Å². The molecule has 2 aromatic heterocycles. The minimum absolute atomic E-state index is 0.0148. The number of carbonyl (C=O) groups excluding carboxylic acids is 5. The molecule has 0 bridgehead atoms. The molecule has 2 aliphatic rings. The Balaban J connectivity index is 1.31. The second-order valence-electron chi connectivity index (χ2n) is 10.8. The van der Waals surface area contributed by atoms with Crippen LogP contribution in [0.2, 0.25) is 4.34 Å². The Morgan fingerprint density at radius 1 is 1.13 bits per heavy atom. The Morgan fingerprint density at radius 3 is 2.46 bits per heavy atom. The molecule has 2 atom stereocenters. The first-order valence-corrected chi connectivity index (χ1v) is 19.3. The van der Waals surface area contributed by atoms with Crippen molar-refractivity contribution in [3.8, 4) is 0 Å². The van der Waals surface area contributed by atoms with Gasteiger partial charge in [-0.25, -0.2) is 19.6 Å². The molecule has 2 aromatic carbocycles. The number of halogens is 1. The molecule has 14 nitrogen and oxygen atoms in total. The number of aliphatic hydroxyl groups is 1. The van der Waals surface area contributed by atoms with Crippen LogP contribution in [0.4, 0.5) is 5.13 Å². The third-order valence-electron chi connectivity index (χ3n) is 7.43. The van der Waals surface area contributed by atoms with E-state index in [1.165, 1.54) is 39.8 Å². The number of thioether (sulfide) groups is 2. The minimum atomic E-state index is -1.13. The number of amides is 3. The van der Waals surface area contributed by atoms with Crippen molar-refractivity contribution in [2.45, 2.75) is 35.2 Å². The summed E-state index contributed by atoms with van der Waals surface area (Å²) in [4.78, 5) is 79.6. The van der Waals surface area contributed by atoms with Crippen LogP contribution in [0, 0.1) is 0 Å². The number of benzene rings is 2. The molecule has 6 rings (SSSR count). The summed E-state index contributed by atoms with van der Waals surface area (Å²) >= 11 is 11.0. The predicted molar refractivity (Wildman–Crippen MR) is 197 cm³/mol. The SMILES string of the molecule is CC(=O)O/N=C(\C(=O)N[C@@H]1C(=O)N2C(C(=O)OC(c3ccccc3)c3ccccc3)=C(Sc3nc(CCO)cs3)CS[C@H]12)c1nc(NC=O)sc1Cl. The predicted octanol–water partition coefficient (Wildman–Crippen LogP) is 4.36. The number of anilines is 1. The first-order valence-electron chi connectivity index (χ1n) is 15.3. The Morgan fingerprint density at radius 2 is 1.83 bits per heavy atom. The fourth-order valence-electron chi connectivity index (χ4n) is 5.15. The maximum Gasteiger partial charge on any atom is 0.356 e. The number of fused-ring (bicyclic) bond motifs is 1. The van der Waals surface area contributed by atoms with E-state index >= 15 is 0 Å². The number of rotatable bonds is 14. The van der Waals surface area contributed by atoms with Crippen molar-refractivity contribution in [1.82, 2.24) is 20.2 Å². The summed E-state index contributed by atoms with van der Waals surface area (Å²) < 4.78 is 6.78. The molecule has 1 fully saturated rings. The number of hydrogen-bond acceptors (Lipinski definition) is 15. The zero-order valence-corrected chi connectivity index (χ0v) is 30.9. The van der Waals surface area contributed by atoms with Crippen LogP contribution >= 0.6 is 57.8 Å². The second kappa shape index (κ2) is 16.8. The third kappa shape index (κ3) is 8.22. The van der Waals surface area contributed by atoms with Gasteiger partial charge in [-0.15, -0.1) is 23.1 Å². The third-order valence-corrected chi connectivity index (χ3v) is 12.1. The number of hydrogen-bond donors (Lipinski definition) is 3. The van der Waals surface area contributed by atoms with Gasteiger partial charge in [-0.3, -0.25) is 19.3 Å². The lowest BCUT2D eigenvalue weighted by molar-refractivity contribution is -0.154. The number of nitrogens with zero attached hydrogens (tertiary/aromatic N) is 4. The molecule has 52 heavy (non-hydrogen) atoms. The Kier molecular flexibility index (Phi) is 12.0. The molecule has 1 saturated heterocycles. The lowest BCUT2D eigenvalue weighted by Gasteiger charge is -2.49. The Hall–Kier alpha value is -4.59. The molecule has 4 heterocycles. The highest BCUT2D eigenvalue weighted by Crippen LogP contribution is 2.46. The number of nitrogens with one attached hydrogen (secondary N) is 2. The lowest BCUT2D eigenvalue weighted by atomic mass is 10.0. The average molecular weight is 799 g/mol. The van der Waals surface area contributed by atoms with Crippen LogP contribution in [0.1, 0.15) is 35.5 Å². The molecular weight excluding hydrogens is 772 g/mol. The number of aliphatic hydroxyl groups excluding tert-OH is 1. The van der Waals surface area contributed by atoms with Crippen molar-refractivity contribution in [2.75, 3.05) is 17.7 Å². The average Bonchev–Trinajstić information content (AvgIpc) is 3.75. The van der Waals surface area contributed by atoms with Gasteiger partial charge in [0.25, 0.3) is 11.8 Å². The number of β-lactam (4-membered cyclic amide) rings is 1. The van der Waals surface area contributed by atoms with Gasteiger partial charge in [-0.1, -0.05) is 101 Å². The fraction of sp³-hybridized carbons (Fsp3) is 0.212. The van der Waals surface area contributed by atoms with Crippen molar-refractivity contribution < 1.29 is 38.7 Å². The Labute approximate surface area is 317 Å². The van der Waals surface area contributed by atoms with Crippen molar-refractivity contribution in [1.29, 1.82) is 0 Å². The highest BCUT2D eigenvalue weighted by Gasteiger charge is 2.55. The van der Waals surface area contributed by atoms with Crippen molar-refractivity contribution in [3.05, 3.63) is 103 Å². The first-order chi connectivity index (χ1) is 25.2. The van der Waals surface area contributed by atoms with E-state index in [2.05, 4.69) is 25.8 Å². The Bertz CT molecular complexity index is 2020. The zero-order valence-electron chi connectivity index (χ0n) is 26.9. The van der Waals surface area contributed by atoms with Gasteiger partial charge in [0.2, 0.25) is 6.41 Å². The van der Waals surface area contributed by atoms with Crippen LogP contribution in [0.15, 0.2) is 86.1 Å². The molecular formula is C33H27ClN6O8S4. The van der Waals surface area contributed by atoms with Crippen LogP contribution in [0.3, 0.4) is 0 Å². The van der Waals surface area contributed by atoms with E-state index in [0.29, 0.717) is 27.8 Å². The number of oxime groups is 1. The summed E-state index contributed by atoms with van der Waals surface area (Å²) in [5.74, 6) is -2.86. The molecule has 0 radical (unpaired) electrons. The normalized spacial score (nSPS) is 17.0. The van der Waals surface area contributed by atoms with Gasteiger partial charge in [-0.05, 0) is 11.1 Å². The monoisotopic (exact) mass is 798 g/mol. The van der Waals surface area contributed by atoms with E-state index in [-0.39, 0.29) is 33.2 Å². The summed E-state index contributed by atoms with van der Waals surface area (Å²) in [6, 6.07) is 17.3. The van der Waals surface area contributed by atoms with Gasteiger partial charge in [0, 0.05) is 36.0 Å². The van der Waals surface area contributed by atoms with Crippen LogP contribution in [0.25, 0.3) is 0 Å². The molecule has 2 aliphatic heterocycles. The lowest BCUT2D eigenvalue weighted by Crippen LogP contribution is -2.71. The summed E-state index contributed by atoms with van der Waals surface area (Å²) in [7, 11) is 0. The fourth-order valence-corrected chi connectivity index (χ4v) is 9.65. The summed E-state index contributed by atoms with van der Waals surface area (Å²) in [5.41, 5.74) is 1.45. The van der Waals surface area contributed by atoms with Crippen molar-refractivity contribution in [2.24, 2.45) is 5.16 Å². The molecule has 4 aromatic rings. The van der Waals surface area contributed by atoms with Crippen LogP contribution < -0.4 is 10.6 Å². The number of thiazole rings is 2. The van der Waals surface area contributed by atoms with E-state index in [9.17, 15) is 29.1 Å². The molecule has 19 heteroatoms. The van der Waals surface area contributed by atoms with Gasteiger partial charge in [-0.2, -0.15) is 0 Å². The molecule has 3 N–H and O–H groups in total. The smallest absolute Gasteiger partial charge is 0.356 e. The number of esters is 1. The largest absolute Gasteiger partial charge is 0.448 e. The van der Waals surface area contributed by atoms with Crippen LogP contribution in [-0.2, 0) is 40.0 Å². The molecule has 0 aliphatic carbocycles. The van der Waals surface area contributed by atoms with E-state index in [4.69, 9.17) is 21.2 Å². The van der Waals surface area contributed by atoms with Crippen LogP contribution in [-0.4, -0.2) is 79.6 Å². The summed E-state index contributed by atoms with van der Waals surface area (Å²) in [6.07, 6.45) is -0.0595. The van der Waals surface area contributed by atoms with E-state index in [1.807, 2.05) is 66.0 Å². The van der Waals surface area contributed by atoms with Crippen LogP contribution in [0.5, 0.6) is 0 Å². The standard InChI is InChI=1S/C33H27ClN6O8S4/c1-17(43)48-39-23(22-27(34)52-32(38-22)35-16-42)28(44)37-24-29(45)40-25(21(15-49-30(24)40)51-33-36-20(12-13-41)14-50-33)31(46)47-26(18-8-4-2-5-9-18)19-10-6-3-7-11-19/h2-11,14,16,24,26,30,41H,12-13,15H2,1H3,(H,37,44)(H,35,38,42)/b39-23-/t24-,30-/m1/s1. The molecule has 3 amide bonds. The van der Waals surface area contributed by atoms with Gasteiger partial charge in [0.15, 0.2) is 21.3 Å². The first kappa shape index (κ1) is 37.2. The van der Waals surface area contributed by atoms with E-state index in [0.717, 1.165) is 29.4 Å². The topological polar surface area (TPSA) is 189 Å². The van der Waals surface area contributed by atoms with Gasteiger partial charge >= 0.3 is 11.9 Å². The number of carbonyl (C=O) groups is 5. The van der Waals surface area contributed by atoms with Crippen molar-refractivity contribution in [3.63, 3.8) is 0 Å². The summed E-state index contributed by atoms with van der Waals surface area (Å²) in [6.45, 7) is 1.01. The number of ether oxygens (including phenoxy) is 1. The zero-order chi connectivity index (χ0) is 36.8. The molecule has 0 saturated carbocycles. The van der Waals surface area contributed by atoms with Gasteiger partial charge < -0.3 is 25.3 Å². The van der Waals surface area contributed by atoms with E-state index in [1.54, 1.807) is 0 Å². The molecule has 268 valence electrons. The minimum Gasteiger partial charge on any atom is -0.448 e. The quantitative estimate of drug-likeness (QED) is 0.0409. The number of aromatic nitrogens is 2. The van der Waals surface area contributed by atoms with Gasteiger partial charge in [0.05, 0.1) is 5.69 Å². The maximum atomic E-state index is 14.3. The molecule has 0 unspecified atom stereocenters.